The largest absolute Gasteiger partial charge is 0.462 e. The van der Waals surface area contributed by atoms with E-state index in [2.05, 4.69) is 263 Å². The van der Waals surface area contributed by atoms with Gasteiger partial charge in [0.15, 0.2) is 0 Å². The Morgan fingerprint density at radius 2 is 0.689 bits per heavy atom. The number of fused-ring (bicyclic) bond motifs is 1. The quantitative estimate of drug-likeness (QED) is 0.128. The number of esters is 1. The molecular formula is C88H192O2. The second kappa shape index (κ2) is 74.3. The van der Waals surface area contributed by atoms with Crippen molar-refractivity contribution in [1.82, 2.24) is 0 Å². The van der Waals surface area contributed by atoms with Crippen LogP contribution in [-0.4, -0.2) is 12.1 Å². The van der Waals surface area contributed by atoms with Crippen molar-refractivity contribution in [2.45, 2.75) is 475 Å². The molecule has 5 aliphatic carbocycles. The summed E-state index contributed by atoms with van der Waals surface area (Å²) in [5, 5.41) is 0. The van der Waals surface area contributed by atoms with E-state index in [-0.39, 0.29) is 18.0 Å². The number of hydrogen-bond acceptors (Lipinski definition) is 2. The van der Waals surface area contributed by atoms with Crippen LogP contribution in [0.5, 0.6) is 0 Å². The minimum atomic E-state index is 0.0874. The van der Waals surface area contributed by atoms with Gasteiger partial charge in [-0.15, -0.1) is 0 Å². The molecule has 1 heterocycles. The molecule has 2 heteroatoms. The molecule has 2 bridgehead atoms. The van der Waals surface area contributed by atoms with Gasteiger partial charge in [-0.2, -0.15) is 0 Å². The Kier molecular flexibility index (Phi) is 89.2. The van der Waals surface area contributed by atoms with Crippen LogP contribution in [0.3, 0.4) is 0 Å². The summed E-state index contributed by atoms with van der Waals surface area (Å²) in [7, 11) is 0. The topological polar surface area (TPSA) is 26.3 Å². The summed E-state index contributed by atoms with van der Waals surface area (Å²) in [6.07, 6.45) is 44.7. The molecule has 0 radical (unpaired) electrons. The third-order valence-electron chi connectivity index (χ3n) is 17.8. The molecule has 6 aliphatic rings. The van der Waals surface area contributed by atoms with Crippen molar-refractivity contribution in [3.8, 4) is 0 Å². The van der Waals surface area contributed by atoms with E-state index in [9.17, 15) is 4.79 Å². The molecule has 556 valence electrons. The zero-order valence-corrected chi connectivity index (χ0v) is 71.5. The van der Waals surface area contributed by atoms with Gasteiger partial charge in [0.1, 0.15) is 6.10 Å². The smallest absolute Gasteiger partial charge is 0.309 e. The van der Waals surface area contributed by atoms with Gasteiger partial charge in [0, 0.05) is 5.92 Å². The zero-order valence-electron chi connectivity index (χ0n) is 71.5. The van der Waals surface area contributed by atoms with Crippen molar-refractivity contribution in [3.05, 3.63) is 0 Å². The first-order valence-electron chi connectivity index (χ1n) is 40.9. The highest BCUT2D eigenvalue weighted by Crippen LogP contribution is 2.60. The number of carbonyl (C=O) groups excluding carboxylic acids is 1. The molecule has 6 rings (SSSR count). The molecular weight excluding hydrogens is 1090 g/mol. The molecule has 0 amide bonds. The van der Waals surface area contributed by atoms with Gasteiger partial charge >= 0.3 is 5.97 Å². The molecule has 0 aromatic heterocycles. The Balaban J connectivity index is -0.000000113. The summed E-state index contributed by atoms with van der Waals surface area (Å²) in [6, 6.07) is 0. The first-order chi connectivity index (χ1) is 41.7. The Labute approximate surface area is 580 Å². The summed E-state index contributed by atoms with van der Waals surface area (Å²) in [5.41, 5.74) is 1.87. The number of hydrogen-bond donors (Lipinski definition) is 0. The average molecular weight is 1280 g/mol. The van der Waals surface area contributed by atoms with E-state index >= 15 is 0 Å². The molecule has 90 heavy (non-hydrogen) atoms. The van der Waals surface area contributed by atoms with E-state index < -0.39 is 0 Å². The van der Waals surface area contributed by atoms with Crippen molar-refractivity contribution in [3.63, 3.8) is 0 Å². The highest BCUT2D eigenvalue weighted by atomic mass is 16.6. The van der Waals surface area contributed by atoms with Crippen LogP contribution in [-0.2, 0) is 9.53 Å². The lowest BCUT2D eigenvalue weighted by Gasteiger charge is -2.28. The lowest BCUT2D eigenvalue weighted by Crippen LogP contribution is -2.30. The van der Waals surface area contributed by atoms with Crippen molar-refractivity contribution in [2.75, 3.05) is 0 Å². The van der Waals surface area contributed by atoms with Crippen LogP contribution >= 0.6 is 0 Å². The summed E-state index contributed by atoms with van der Waals surface area (Å²) in [5.74, 6) is 10.3. The van der Waals surface area contributed by atoms with Crippen LogP contribution in [0, 0.1) is 93.2 Å². The molecule has 4 unspecified atom stereocenters. The van der Waals surface area contributed by atoms with Gasteiger partial charge in [-0.1, -0.05) is 436 Å². The van der Waals surface area contributed by atoms with E-state index in [1.165, 1.54) is 205 Å². The van der Waals surface area contributed by atoms with Crippen molar-refractivity contribution in [1.29, 1.82) is 0 Å². The van der Waals surface area contributed by atoms with Crippen molar-refractivity contribution in [2.24, 2.45) is 93.2 Å². The van der Waals surface area contributed by atoms with Crippen molar-refractivity contribution < 1.29 is 9.53 Å². The zero-order chi connectivity index (χ0) is 72.5. The third-order valence-corrected chi connectivity index (χ3v) is 17.8. The van der Waals surface area contributed by atoms with Crippen LogP contribution < -0.4 is 0 Å². The van der Waals surface area contributed by atoms with E-state index in [0.29, 0.717) is 34.0 Å². The first kappa shape index (κ1) is 108. The Morgan fingerprint density at radius 1 is 0.411 bits per heavy atom. The van der Waals surface area contributed by atoms with Crippen LogP contribution in [0.1, 0.15) is 469 Å². The summed E-state index contributed by atoms with van der Waals surface area (Å²) >= 11 is 0. The third kappa shape index (κ3) is 91.7. The highest BCUT2D eigenvalue weighted by Gasteiger charge is 2.63. The Hall–Kier alpha value is -0.530. The number of carbonyl (C=O) groups is 1. The van der Waals surface area contributed by atoms with Crippen LogP contribution in [0.2, 0.25) is 0 Å². The van der Waals surface area contributed by atoms with Gasteiger partial charge in [-0.3, -0.25) is 4.79 Å². The van der Waals surface area contributed by atoms with E-state index in [4.69, 9.17) is 4.74 Å². The lowest BCUT2D eigenvalue weighted by molar-refractivity contribution is -0.144. The number of unbranched alkanes of at least 4 members (excludes halogenated alkanes) is 6. The van der Waals surface area contributed by atoms with E-state index in [1.807, 2.05) is 0 Å². The minimum absolute atomic E-state index is 0.0874. The molecule has 1 saturated heterocycles. The molecule has 0 N–H and O–H groups in total. The molecule has 5 saturated carbocycles. The van der Waals surface area contributed by atoms with Gasteiger partial charge in [-0.05, 0) is 113 Å². The summed E-state index contributed by atoms with van der Waals surface area (Å²) in [4.78, 5) is 11.4. The Morgan fingerprint density at radius 3 is 0.833 bits per heavy atom. The van der Waals surface area contributed by atoms with Crippen LogP contribution in [0.25, 0.3) is 0 Å². The molecule has 2 nitrogen and oxygen atoms in total. The van der Waals surface area contributed by atoms with Gasteiger partial charge in [-0.25, -0.2) is 0 Å². The van der Waals surface area contributed by atoms with Gasteiger partial charge in [0.2, 0.25) is 0 Å². The lowest BCUT2D eigenvalue weighted by atomic mass is 9.76. The second-order valence-corrected chi connectivity index (χ2v) is 34.6. The SMILES string of the molecule is CC(C)(C)C.CC(C)C.CC1(C)CCCC1.CC1(C)CCCCC1.CC1CCC(C)CC1.CCC.CCC(C)C.CCC(C)C.CCC(C)CC.CCCC.CCCC(C)C.CCCC(C)C.CCCCC.CCCCCC.C[C@@H]1C2C(=O)OC3C2CC1[C@H]3C. The maximum Gasteiger partial charge on any atom is 0.309 e. The standard InChI is InChI=1S/C10H14O2.2C8H16.C7H14.4C6H14.4C5H12.2C4H10.C3H8/c1-4-6-3-7-8(4)10(11)12-9(7)5(6)2;1-7-3-5-8(2)6-4-7;1-8(2)6-4-3-5-7-8;1-7(2)5-3-4-6-7;2*1-4-5-6(2)3;1-4-6(3)5-2;1-3-5-6-4-2;1-5(2,3)4;2*1-4-5(2)3;1-3-5-4-2;1-4(2)3;1-3-4-2;1-3-2/h4-9H,3H2,1-2H3;7-8H,3-6H2,1-2H3;3-7H2,1-2H3;3-6H2,1-2H3;3*6H,4-5H2,1-3H3;3-6H2,1-2H3;1-4H3;2*5H,4H2,1-3H3;3-5H2,1-2H3;4H,1-3H3;3-4H2,1-2H3;3H2,1-2H3/t4-,5+,6?,7?,8?,9?;;;;;;;;;;;;;;/m0............../s1. The molecule has 0 aromatic carbocycles. The number of ether oxygens (including phenoxy) is 1. The maximum absolute atomic E-state index is 11.4. The second-order valence-electron chi connectivity index (χ2n) is 34.6. The highest BCUT2D eigenvalue weighted by molar-refractivity contribution is 5.77. The van der Waals surface area contributed by atoms with Crippen LogP contribution in [0.4, 0.5) is 0 Å². The predicted octanol–water partition coefficient (Wildman–Crippen LogP) is 33.0. The maximum atomic E-state index is 11.4. The van der Waals surface area contributed by atoms with E-state index in [0.717, 1.165) is 53.3 Å². The normalized spacial score (nSPS) is 22.1. The molecule has 0 spiro atoms. The minimum Gasteiger partial charge on any atom is -0.462 e. The monoisotopic (exact) mass is 1280 g/mol. The number of rotatable bonds is 14. The van der Waals surface area contributed by atoms with Gasteiger partial charge in [0.05, 0.1) is 5.92 Å². The molecule has 0 aromatic rings. The first-order valence-corrected chi connectivity index (χ1v) is 40.9. The fraction of sp³-hybridized carbons (Fsp3) is 0.989. The fourth-order valence-corrected chi connectivity index (χ4v) is 10.4. The average Bonchev–Trinajstić information content (AvgIpc) is 1.57. The summed E-state index contributed by atoms with van der Waals surface area (Å²) < 4.78 is 5.38. The Bertz CT molecular complexity index is 1220. The van der Waals surface area contributed by atoms with Gasteiger partial charge < -0.3 is 4.74 Å². The van der Waals surface area contributed by atoms with Crippen molar-refractivity contribution >= 4 is 5.97 Å². The molecule has 6 atom stereocenters. The van der Waals surface area contributed by atoms with Gasteiger partial charge in [0.25, 0.3) is 0 Å². The predicted molar refractivity (Wildman–Crippen MR) is 426 cm³/mol. The summed E-state index contributed by atoms with van der Waals surface area (Å²) in [6.45, 7) is 84.9. The molecule has 6 fully saturated rings. The van der Waals surface area contributed by atoms with Crippen LogP contribution in [0.15, 0.2) is 0 Å². The fourth-order valence-electron chi connectivity index (χ4n) is 10.4. The molecule has 1 aliphatic heterocycles. The van der Waals surface area contributed by atoms with E-state index in [1.54, 1.807) is 0 Å².